The number of nitrogens with two attached hydrogens (primary N) is 1. The SMILES string of the molecule is Nc1ccc(Oc2ccc3nccnc3c2)c(Cl)c1. The van der Waals surface area contributed by atoms with E-state index in [4.69, 9.17) is 22.1 Å². The molecule has 0 radical (unpaired) electrons. The van der Waals surface area contributed by atoms with Gasteiger partial charge in [0.15, 0.2) is 0 Å². The quantitative estimate of drug-likeness (QED) is 0.723. The van der Waals surface area contributed by atoms with Gasteiger partial charge in [-0.2, -0.15) is 0 Å². The summed E-state index contributed by atoms with van der Waals surface area (Å²) in [5, 5.41) is 0.472. The molecule has 4 nitrogen and oxygen atoms in total. The van der Waals surface area contributed by atoms with Gasteiger partial charge in [0.2, 0.25) is 0 Å². The molecule has 2 aromatic carbocycles. The van der Waals surface area contributed by atoms with E-state index in [0.717, 1.165) is 11.0 Å². The van der Waals surface area contributed by atoms with Crippen molar-refractivity contribution in [2.24, 2.45) is 0 Å². The molecule has 0 aliphatic rings. The molecule has 0 unspecified atom stereocenters. The number of nitrogen functional groups attached to an aromatic ring is 1. The first kappa shape index (κ1) is 11.7. The molecule has 0 fully saturated rings. The number of halogens is 1. The van der Waals surface area contributed by atoms with Crippen LogP contribution in [0, 0.1) is 0 Å². The van der Waals surface area contributed by atoms with Crippen molar-refractivity contribution in [2.75, 3.05) is 5.73 Å². The third kappa shape index (κ3) is 2.44. The molecule has 0 aliphatic carbocycles. The highest BCUT2D eigenvalue weighted by atomic mass is 35.5. The Morgan fingerprint density at radius 1 is 0.947 bits per heavy atom. The zero-order chi connectivity index (χ0) is 13.2. The lowest BCUT2D eigenvalue weighted by molar-refractivity contribution is 0.483. The first-order valence-electron chi connectivity index (χ1n) is 5.66. The number of rotatable bonds is 2. The standard InChI is InChI=1S/C14H10ClN3O/c15-11-7-9(16)1-4-14(11)19-10-2-3-12-13(8-10)18-6-5-17-12/h1-8H,16H2. The zero-order valence-electron chi connectivity index (χ0n) is 9.88. The van der Waals surface area contributed by atoms with Crippen molar-refractivity contribution in [2.45, 2.75) is 0 Å². The molecule has 0 saturated carbocycles. The molecule has 5 heteroatoms. The average molecular weight is 272 g/mol. The van der Waals surface area contributed by atoms with Crippen molar-refractivity contribution >= 4 is 28.3 Å². The van der Waals surface area contributed by atoms with Crippen LogP contribution in [-0.2, 0) is 0 Å². The van der Waals surface area contributed by atoms with Crippen molar-refractivity contribution in [3.8, 4) is 11.5 Å². The molecule has 2 N–H and O–H groups in total. The molecule has 19 heavy (non-hydrogen) atoms. The normalized spacial score (nSPS) is 10.6. The van der Waals surface area contributed by atoms with Crippen LogP contribution < -0.4 is 10.5 Å². The van der Waals surface area contributed by atoms with Crippen LogP contribution in [0.4, 0.5) is 5.69 Å². The Hall–Kier alpha value is -2.33. The van der Waals surface area contributed by atoms with E-state index in [1.165, 1.54) is 0 Å². The minimum absolute atomic E-state index is 0.472. The van der Waals surface area contributed by atoms with E-state index >= 15 is 0 Å². The van der Waals surface area contributed by atoms with E-state index < -0.39 is 0 Å². The number of fused-ring (bicyclic) bond motifs is 1. The number of nitrogens with zero attached hydrogens (tertiary/aromatic N) is 2. The molecular formula is C14H10ClN3O. The molecule has 3 aromatic rings. The highest BCUT2D eigenvalue weighted by Gasteiger charge is 2.05. The Balaban J connectivity index is 1.96. The topological polar surface area (TPSA) is 61.0 Å². The Morgan fingerprint density at radius 2 is 1.74 bits per heavy atom. The fraction of sp³-hybridized carbons (Fsp3) is 0. The molecule has 0 spiro atoms. The van der Waals surface area contributed by atoms with Crippen LogP contribution >= 0.6 is 11.6 Å². The van der Waals surface area contributed by atoms with Crippen LogP contribution in [0.1, 0.15) is 0 Å². The molecule has 0 amide bonds. The maximum absolute atomic E-state index is 6.06. The van der Waals surface area contributed by atoms with Gasteiger partial charge in [0.25, 0.3) is 0 Å². The minimum atomic E-state index is 0.472. The summed E-state index contributed by atoms with van der Waals surface area (Å²) in [6, 6.07) is 10.6. The van der Waals surface area contributed by atoms with Crippen LogP contribution in [0.2, 0.25) is 5.02 Å². The Kier molecular flexibility index (Phi) is 2.93. The largest absolute Gasteiger partial charge is 0.456 e. The van der Waals surface area contributed by atoms with Gasteiger partial charge in [-0.3, -0.25) is 9.97 Å². The summed E-state index contributed by atoms with van der Waals surface area (Å²) in [5.74, 6) is 1.21. The highest BCUT2D eigenvalue weighted by Crippen LogP contribution is 2.31. The van der Waals surface area contributed by atoms with Crippen LogP contribution in [0.15, 0.2) is 48.8 Å². The third-order valence-electron chi connectivity index (χ3n) is 2.62. The van der Waals surface area contributed by atoms with E-state index in [1.54, 1.807) is 30.6 Å². The van der Waals surface area contributed by atoms with E-state index in [-0.39, 0.29) is 0 Å². The van der Waals surface area contributed by atoms with Gasteiger partial charge in [-0.1, -0.05) is 11.6 Å². The molecule has 0 bridgehead atoms. The van der Waals surface area contributed by atoms with Crippen LogP contribution in [0.25, 0.3) is 11.0 Å². The van der Waals surface area contributed by atoms with Crippen LogP contribution in [0.5, 0.6) is 11.5 Å². The third-order valence-corrected chi connectivity index (χ3v) is 2.92. The van der Waals surface area contributed by atoms with Crippen LogP contribution in [-0.4, -0.2) is 9.97 Å². The van der Waals surface area contributed by atoms with E-state index in [1.807, 2.05) is 18.2 Å². The number of aromatic nitrogens is 2. The summed E-state index contributed by atoms with van der Waals surface area (Å²) in [6.45, 7) is 0. The lowest BCUT2D eigenvalue weighted by atomic mass is 10.2. The van der Waals surface area contributed by atoms with Crippen molar-refractivity contribution in [3.63, 3.8) is 0 Å². The molecule has 3 rings (SSSR count). The number of benzene rings is 2. The summed E-state index contributed by atoms with van der Waals surface area (Å²) in [6.07, 6.45) is 3.29. The van der Waals surface area contributed by atoms with E-state index in [9.17, 15) is 0 Å². The number of hydrogen-bond acceptors (Lipinski definition) is 4. The van der Waals surface area contributed by atoms with Gasteiger partial charge >= 0.3 is 0 Å². The molecule has 1 heterocycles. The molecular weight excluding hydrogens is 262 g/mol. The van der Waals surface area contributed by atoms with Crippen LogP contribution in [0.3, 0.4) is 0 Å². The number of ether oxygens (including phenoxy) is 1. The fourth-order valence-corrected chi connectivity index (χ4v) is 1.96. The predicted molar refractivity (Wildman–Crippen MR) is 75.5 cm³/mol. The second kappa shape index (κ2) is 4.74. The van der Waals surface area contributed by atoms with Gasteiger partial charge in [-0.05, 0) is 30.3 Å². The highest BCUT2D eigenvalue weighted by molar-refractivity contribution is 6.32. The zero-order valence-corrected chi connectivity index (χ0v) is 10.6. The smallest absolute Gasteiger partial charge is 0.146 e. The summed E-state index contributed by atoms with van der Waals surface area (Å²) < 4.78 is 5.72. The monoisotopic (exact) mass is 271 g/mol. The van der Waals surface area contributed by atoms with Gasteiger partial charge in [0, 0.05) is 24.1 Å². The summed E-state index contributed by atoms with van der Waals surface area (Å²) in [4.78, 5) is 8.42. The number of hydrogen-bond donors (Lipinski definition) is 1. The van der Waals surface area contributed by atoms with Gasteiger partial charge in [-0.15, -0.1) is 0 Å². The number of anilines is 1. The van der Waals surface area contributed by atoms with Gasteiger partial charge in [0.1, 0.15) is 11.5 Å². The van der Waals surface area contributed by atoms with Gasteiger partial charge in [0.05, 0.1) is 16.1 Å². The van der Waals surface area contributed by atoms with E-state index in [2.05, 4.69) is 9.97 Å². The Labute approximate surface area is 114 Å². The maximum atomic E-state index is 6.06. The fourth-order valence-electron chi connectivity index (χ4n) is 1.73. The minimum Gasteiger partial charge on any atom is -0.456 e. The van der Waals surface area contributed by atoms with Crippen molar-refractivity contribution < 1.29 is 4.74 Å². The lowest BCUT2D eigenvalue weighted by Gasteiger charge is -2.08. The summed E-state index contributed by atoms with van der Waals surface area (Å²) in [7, 11) is 0. The maximum Gasteiger partial charge on any atom is 0.146 e. The van der Waals surface area contributed by atoms with Crippen molar-refractivity contribution in [3.05, 3.63) is 53.8 Å². The summed E-state index contributed by atoms with van der Waals surface area (Å²) >= 11 is 6.06. The van der Waals surface area contributed by atoms with Crippen molar-refractivity contribution in [1.82, 2.24) is 9.97 Å². The second-order valence-electron chi connectivity index (χ2n) is 4.00. The molecule has 0 atom stereocenters. The Morgan fingerprint density at radius 3 is 2.53 bits per heavy atom. The van der Waals surface area contributed by atoms with E-state index in [0.29, 0.717) is 22.2 Å². The first-order chi connectivity index (χ1) is 9.22. The first-order valence-corrected chi connectivity index (χ1v) is 6.04. The molecule has 94 valence electrons. The second-order valence-corrected chi connectivity index (χ2v) is 4.41. The van der Waals surface area contributed by atoms with Gasteiger partial charge in [-0.25, -0.2) is 0 Å². The lowest BCUT2D eigenvalue weighted by Crippen LogP contribution is -1.89. The molecule has 0 saturated heterocycles. The Bertz CT molecular complexity index is 746. The average Bonchev–Trinajstić information content (AvgIpc) is 2.42. The van der Waals surface area contributed by atoms with Gasteiger partial charge < -0.3 is 10.5 Å². The van der Waals surface area contributed by atoms with Crippen molar-refractivity contribution in [1.29, 1.82) is 0 Å². The summed E-state index contributed by atoms with van der Waals surface area (Å²) in [5.41, 5.74) is 7.82. The molecule has 1 aromatic heterocycles. The predicted octanol–water partition coefficient (Wildman–Crippen LogP) is 3.66. The molecule has 0 aliphatic heterocycles.